The van der Waals surface area contributed by atoms with E-state index in [4.69, 9.17) is 9.47 Å². The maximum atomic E-state index is 10.4. The molecule has 4 heteroatoms. The van der Waals surface area contributed by atoms with Crippen molar-refractivity contribution in [3.05, 3.63) is 24.0 Å². The van der Waals surface area contributed by atoms with E-state index in [9.17, 15) is 5.11 Å². The van der Waals surface area contributed by atoms with Gasteiger partial charge in [0.2, 0.25) is 0 Å². The number of aromatic nitrogens is 1. The summed E-state index contributed by atoms with van der Waals surface area (Å²) >= 11 is 0. The SMILES string of the molecule is COc1cncc(C(O)C2(C)CCCCO2)c1. The second-order valence-electron chi connectivity index (χ2n) is 4.68. The Bertz CT molecular complexity index is 375. The third-order valence-corrected chi connectivity index (χ3v) is 3.36. The van der Waals surface area contributed by atoms with E-state index in [1.807, 2.05) is 6.92 Å². The van der Waals surface area contributed by atoms with E-state index in [1.54, 1.807) is 25.6 Å². The molecule has 2 rings (SSSR count). The van der Waals surface area contributed by atoms with Crippen molar-refractivity contribution in [1.82, 2.24) is 4.98 Å². The van der Waals surface area contributed by atoms with Gasteiger partial charge in [0.25, 0.3) is 0 Å². The van der Waals surface area contributed by atoms with Crippen LogP contribution in [0.15, 0.2) is 18.5 Å². The average Bonchev–Trinajstić information content (AvgIpc) is 2.39. The van der Waals surface area contributed by atoms with Crippen LogP contribution in [0, 0.1) is 0 Å². The molecule has 1 aromatic heterocycles. The summed E-state index contributed by atoms with van der Waals surface area (Å²) in [4.78, 5) is 4.06. The summed E-state index contributed by atoms with van der Waals surface area (Å²) in [6, 6.07) is 1.81. The number of nitrogens with zero attached hydrogens (tertiary/aromatic N) is 1. The van der Waals surface area contributed by atoms with Crippen molar-refractivity contribution in [1.29, 1.82) is 0 Å². The van der Waals surface area contributed by atoms with Crippen molar-refractivity contribution in [2.45, 2.75) is 37.9 Å². The molecule has 1 fully saturated rings. The van der Waals surface area contributed by atoms with Crippen LogP contribution in [0.1, 0.15) is 37.9 Å². The van der Waals surface area contributed by atoms with E-state index in [2.05, 4.69) is 4.98 Å². The van der Waals surface area contributed by atoms with Gasteiger partial charge >= 0.3 is 0 Å². The molecule has 1 saturated heterocycles. The zero-order chi connectivity index (χ0) is 12.3. The summed E-state index contributed by atoms with van der Waals surface area (Å²) in [5.41, 5.74) is 0.237. The number of methoxy groups -OCH3 is 1. The molecule has 0 aromatic carbocycles. The molecule has 94 valence electrons. The molecule has 4 nitrogen and oxygen atoms in total. The molecule has 2 heterocycles. The molecule has 2 unspecified atom stereocenters. The van der Waals surface area contributed by atoms with Crippen molar-refractivity contribution < 1.29 is 14.6 Å². The highest BCUT2D eigenvalue weighted by Crippen LogP contribution is 2.36. The van der Waals surface area contributed by atoms with Crippen molar-refractivity contribution in [2.75, 3.05) is 13.7 Å². The highest BCUT2D eigenvalue weighted by Gasteiger charge is 2.36. The lowest BCUT2D eigenvalue weighted by atomic mass is 9.87. The van der Waals surface area contributed by atoms with Crippen LogP contribution in [0.3, 0.4) is 0 Å². The van der Waals surface area contributed by atoms with Crippen LogP contribution in [0.5, 0.6) is 5.75 Å². The lowest BCUT2D eigenvalue weighted by Gasteiger charge is -2.38. The molecule has 17 heavy (non-hydrogen) atoms. The highest BCUT2D eigenvalue weighted by atomic mass is 16.5. The summed E-state index contributed by atoms with van der Waals surface area (Å²) in [5.74, 6) is 0.654. The molecule has 0 spiro atoms. The van der Waals surface area contributed by atoms with Crippen LogP contribution in [-0.2, 0) is 4.74 Å². The van der Waals surface area contributed by atoms with Gasteiger partial charge in [0.05, 0.1) is 18.9 Å². The predicted octanol–water partition coefficient (Wildman–Crippen LogP) is 2.08. The lowest BCUT2D eigenvalue weighted by molar-refractivity contribution is -0.138. The lowest BCUT2D eigenvalue weighted by Crippen LogP contribution is -2.39. The number of aliphatic hydroxyl groups is 1. The third-order valence-electron chi connectivity index (χ3n) is 3.36. The molecular weight excluding hydrogens is 218 g/mol. The molecule has 2 atom stereocenters. The molecule has 0 amide bonds. The first kappa shape index (κ1) is 12.3. The van der Waals surface area contributed by atoms with Gasteiger partial charge in [0.15, 0.2) is 0 Å². The normalized spacial score (nSPS) is 26.5. The topological polar surface area (TPSA) is 51.6 Å². The number of ether oxygens (including phenoxy) is 2. The van der Waals surface area contributed by atoms with Crippen molar-refractivity contribution in [3.63, 3.8) is 0 Å². The molecule has 1 aliphatic rings. The van der Waals surface area contributed by atoms with E-state index in [0.29, 0.717) is 12.4 Å². The number of hydrogen-bond acceptors (Lipinski definition) is 4. The zero-order valence-electron chi connectivity index (χ0n) is 10.3. The molecule has 0 saturated carbocycles. The van der Waals surface area contributed by atoms with Crippen molar-refractivity contribution in [2.24, 2.45) is 0 Å². The standard InChI is InChI=1S/C13H19NO3/c1-13(5-3-4-6-17-13)12(15)10-7-11(16-2)9-14-8-10/h7-9,12,15H,3-6H2,1-2H3. The molecule has 1 N–H and O–H groups in total. The van der Waals surface area contributed by atoms with Gasteiger partial charge in [-0.15, -0.1) is 0 Å². The average molecular weight is 237 g/mol. The van der Waals surface area contributed by atoms with E-state index in [0.717, 1.165) is 24.8 Å². The molecule has 1 aliphatic heterocycles. The Morgan fingerprint density at radius 3 is 2.94 bits per heavy atom. The quantitative estimate of drug-likeness (QED) is 0.874. The zero-order valence-corrected chi connectivity index (χ0v) is 10.3. The monoisotopic (exact) mass is 237 g/mol. The number of hydrogen-bond donors (Lipinski definition) is 1. The third kappa shape index (κ3) is 2.58. The Morgan fingerprint density at radius 2 is 2.29 bits per heavy atom. The maximum Gasteiger partial charge on any atom is 0.137 e. The summed E-state index contributed by atoms with van der Waals surface area (Å²) in [5, 5.41) is 10.4. The van der Waals surface area contributed by atoms with Gasteiger partial charge < -0.3 is 14.6 Å². The number of pyridine rings is 1. The van der Waals surface area contributed by atoms with Gasteiger partial charge in [-0.25, -0.2) is 0 Å². The van der Waals surface area contributed by atoms with Gasteiger partial charge in [0.1, 0.15) is 11.9 Å². The first-order chi connectivity index (χ1) is 8.15. The second-order valence-corrected chi connectivity index (χ2v) is 4.68. The fourth-order valence-corrected chi connectivity index (χ4v) is 2.22. The second kappa shape index (κ2) is 5.02. The van der Waals surface area contributed by atoms with Crippen molar-refractivity contribution >= 4 is 0 Å². The van der Waals surface area contributed by atoms with Gasteiger partial charge in [-0.1, -0.05) is 0 Å². The van der Waals surface area contributed by atoms with Crippen LogP contribution >= 0.6 is 0 Å². The molecule has 0 bridgehead atoms. The highest BCUT2D eigenvalue weighted by molar-refractivity contribution is 5.26. The Labute approximate surface area is 102 Å². The van der Waals surface area contributed by atoms with Gasteiger partial charge in [-0.05, 0) is 32.3 Å². The number of aliphatic hydroxyl groups excluding tert-OH is 1. The van der Waals surface area contributed by atoms with E-state index >= 15 is 0 Å². The van der Waals surface area contributed by atoms with Crippen LogP contribution in [0.2, 0.25) is 0 Å². The largest absolute Gasteiger partial charge is 0.495 e. The molecule has 0 radical (unpaired) electrons. The molecule has 0 aliphatic carbocycles. The van der Waals surface area contributed by atoms with Crippen molar-refractivity contribution in [3.8, 4) is 5.75 Å². The Morgan fingerprint density at radius 1 is 1.47 bits per heavy atom. The summed E-state index contributed by atoms with van der Waals surface area (Å²) in [6.45, 7) is 2.67. The Kier molecular flexibility index (Phi) is 3.64. The van der Waals surface area contributed by atoms with Crippen LogP contribution in [-0.4, -0.2) is 29.4 Å². The minimum absolute atomic E-state index is 0.508. The molecular formula is C13H19NO3. The van der Waals surface area contributed by atoms with E-state index < -0.39 is 11.7 Å². The fourth-order valence-electron chi connectivity index (χ4n) is 2.22. The smallest absolute Gasteiger partial charge is 0.137 e. The minimum Gasteiger partial charge on any atom is -0.495 e. The molecule has 1 aromatic rings. The summed E-state index contributed by atoms with van der Waals surface area (Å²) in [7, 11) is 1.59. The van der Waals surface area contributed by atoms with Gasteiger partial charge in [-0.2, -0.15) is 0 Å². The summed E-state index contributed by atoms with van der Waals surface area (Å²) < 4.78 is 10.8. The predicted molar refractivity (Wildman–Crippen MR) is 64.0 cm³/mol. The van der Waals surface area contributed by atoms with Crippen LogP contribution in [0.4, 0.5) is 0 Å². The Balaban J connectivity index is 2.19. The first-order valence-electron chi connectivity index (χ1n) is 5.97. The number of rotatable bonds is 3. The van der Waals surface area contributed by atoms with Crippen LogP contribution < -0.4 is 4.74 Å². The van der Waals surface area contributed by atoms with E-state index in [1.165, 1.54) is 0 Å². The summed E-state index contributed by atoms with van der Waals surface area (Å²) in [6.07, 6.45) is 5.65. The maximum absolute atomic E-state index is 10.4. The Hall–Kier alpha value is -1.13. The minimum atomic E-state index is -0.662. The van der Waals surface area contributed by atoms with Crippen LogP contribution in [0.25, 0.3) is 0 Å². The fraction of sp³-hybridized carbons (Fsp3) is 0.615. The van der Waals surface area contributed by atoms with E-state index in [-0.39, 0.29) is 0 Å². The van der Waals surface area contributed by atoms with Gasteiger partial charge in [-0.3, -0.25) is 4.98 Å². The van der Waals surface area contributed by atoms with Gasteiger partial charge in [0, 0.05) is 18.4 Å². The first-order valence-corrected chi connectivity index (χ1v) is 5.97.